The highest BCUT2D eigenvalue weighted by Gasteiger charge is 2.22. The van der Waals surface area contributed by atoms with Crippen LogP contribution >= 0.6 is 46.4 Å². The minimum absolute atomic E-state index is 0.518. The van der Waals surface area contributed by atoms with Crippen LogP contribution in [0, 0.1) is 0 Å². The first-order valence-electron chi connectivity index (χ1n) is 10.2. The second kappa shape index (κ2) is 9.24. The number of imidazole rings is 1. The molecule has 0 amide bonds. The van der Waals surface area contributed by atoms with E-state index in [1.165, 1.54) is 0 Å². The van der Waals surface area contributed by atoms with Gasteiger partial charge in [0.15, 0.2) is 0 Å². The zero-order valence-corrected chi connectivity index (χ0v) is 20.1. The van der Waals surface area contributed by atoms with E-state index in [9.17, 15) is 0 Å². The van der Waals surface area contributed by atoms with Crippen LogP contribution in [-0.4, -0.2) is 9.97 Å². The van der Waals surface area contributed by atoms with Crippen LogP contribution in [0.1, 0.15) is 0 Å². The maximum absolute atomic E-state index is 6.58. The van der Waals surface area contributed by atoms with Crippen molar-refractivity contribution in [1.82, 2.24) is 9.97 Å². The highest BCUT2D eigenvalue weighted by Crippen LogP contribution is 2.44. The molecule has 0 aliphatic heterocycles. The van der Waals surface area contributed by atoms with Gasteiger partial charge in [0.1, 0.15) is 5.82 Å². The summed E-state index contributed by atoms with van der Waals surface area (Å²) in [6.07, 6.45) is 0. The van der Waals surface area contributed by atoms with E-state index in [0.29, 0.717) is 31.5 Å². The first kappa shape index (κ1) is 22.1. The van der Waals surface area contributed by atoms with E-state index in [4.69, 9.17) is 51.4 Å². The lowest BCUT2D eigenvalue weighted by Gasteiger charge is -2.13. The van der Waals surface area contributed by atoms with Gasteiger partial charge in [-0.3, -0.25) is 0 Å². The predicted octanol–water partition coefficient (Wildman–Crippen LogP) is 9.69. The molecule has 0 unspecified atom stereocenters. The van der Waals surface area contributed by atoms with Gasteiger partial charge in [-0.2, -0.15) is 0 Å². The van der Waals surface area contributed by atoms with Gasteiger partial charge >= 0.3 is 0 Å². The number of halogens is 4. The summed E-state index contributed by atoms with van der Waals surface area (Å²) < 4.78 is 0. The lowest BCUT2D eigenvalue weighted by molar-refractivity contribution is 1.31. The molecule has 0 radical (unpaired) electrons. The Morgan fingerprint density at radius 3 is 1.64 bits per heavy atom. The number of hydrogen-bond acceptors (Lipinski definition) is 1. The van der Waals surface area contributed by atoms with Crippen molar-refractivity contribution in [3.05, 3.63) is 111 Å². The van der Waals surface area contributed by atoms with Crippen LogP contribution in [0.4, 0.5) is 0 Å². The van der Waals surface area contributed by atoms with Crippen molar-refractivity contribution in [2.45, 2.75) is 0 Å². The second-order valence-electron chi connectivity index (χ2n) is 7.41. The molecule has 33 heavy (non-hydrogen) atoms. The van der Waals surface area contributed by atoms with Gasteiger partial charge in [-0.15, -0.1) is 0 Å². The molecule has 2 nitrogen and oxygen atoms in total. The van der Waals surface area contributed by atoms with Gasteiger partial charge in [-0.25, -0.2) is 4.98 Å². The number of H-pyrrole nitrogens is 1. The van der Waals surface area contributed by atoms with Crippen LogP contribution < -0.4 is 0 Å². The Kier molecular flexibility index (Phi) is 6.18. The summed E-state index contributed by atoms with van der Waals surface area (Å²) in [5, 5.41) is 2.19. The van der Waals surface area contributed by atoms with Gasteiger partial charge in [0, 0.05) is 26.7 Å². The Labute approximate surface area is 211 Å². The molecule has 0 fully saturated rings. The molecule has 0 atom stereocenters. The molecule has 162 valence electrons. The fourth-order valence-corrected chi connectivity index (χ4v) is 5.07. The summed E-state index contributed by atoms with van der Waals surface area (Å²) in [7, 11) is 0. The summed E-state index contributed by atoms with van der Waals surface area (Å²) in [5.41, 5.74) is 5.77. The van der Waals surface area contributed by atoms with Gasteiger partial charge < -0.3 is 4.98 Å². The molecule has 0 spiro atoms. The van der Waals surface area contributed by atoms with Gasteiger partial charge in [-0.05, 0) is 29.8 Å². The molecule has 0 saturated carbocycles. The van der Waals surface area contributed by atoms with E-state index in [1.54, 1.807) is 12.1 Å². The fraction of sp³-hybridized carbons (Fsp3) is 0. The number of benzene rings is 4. The third-order valence-corrected chi connectivity index (χ3v) is 6.64. The van der Waals surface area contributed by atoms with Crippen molar-refractivity contribution in [3.8, 4) is 45.0 Å². The Morgan fingerprint density at radius 2 is 1.03 bits per heavy atom. The van der Waals surface area contributed by atoms with E-state index >= 15 is 0 Å². The average Bonchev–Trinajstić information content (AvgIpc) is 3.24. The van der Waals surface area contributed by atoms with E-state index < -0.39 is 0 Å². The molecule has 0 bridgehead atoms. The van der Waals surface area contributed by atoms with Crippen LogP contribution in [0.3, 0.4) is 0 Å². The molecule has 1 heterocycles. The van der Waals surface area contributed by atoms with E-state index in [-0.39, 0.29) is 0 Å². The van der Waals surface area contributed by atoms with E-state index in [0.717, 1.165) is 33.6 Å². The Bertz CT molecular complexity index is 1420. The molecule has 5 rings (SSSR count). The van der Waals surface area contributed by atoms with Gasteiger partial charge in [0.25, 0.3) is 0 Å². The van der Waals surface area contributed by atoms with Crippen molar-refractivity contribution < 1.29 is 0 Å². The SMILES string of the molecule is Clc1cccc(Cl)c1-c1nc(-c2ccccc2)c(-c2ccccc2-c2c(Cl)cccc2Cl)[nH]1. The molecular formula is C27H16Cl4N2. The molecule has 0 aliphatic rings. The minimum Gasteiger partial charge on any atom is -0.337 e. The lowest BCUT2D eigenvalue weighted by atomic mass is 9.95. The van der Waals surface area contributed by atoms with Crippen LogP contribution in [0.2, 0.25) is 20.1 Å². The van der Waals surface area contributed by atoms with Crippen molar-refractivity contribution in [2.24, 2.45) is 0 Å². The third kappa shape index (κ3) is 4.16. The van der Waals surface area contributed by atoms with Crippen LogP contribution in [-0.2, 0) is 0 Å². The molecule has 1 aromatic heterocycles. The smallest absolute Gasteiger partial charge is 0.141 e. The zero-order valence-electron chi connectivity index (χ0n) is 17.1. The van der Waals surface area contributed by atoms with Gasteiger partial charge in [-0.1, -0.05) is 113 Å². The number of nitrogens with one attached hydrogen (secondary N) is 1. The monoisotopic (exact) mass is 508 g/mol. The summed E-state index contributed by atoms with van der Waals surface area (Å²) in [6.45, 7) is 0. The van der Waals surface area contributed by atoms with Crippen molar-refractivity contribution in [1.29, 1.82) is 0 Å². The number of nitrogens with zero attached hydrogens (tertiary/aromatic N) is 1. The zero-order chi connectivity index (χ0) is 22.9. The van der Waals surface area contributed by atoms with E-state index in [1.807, 2.05) is 78.9 Å². The van der Waals surface area contributed by atoms with Crippen LogP contribution in [0.25, 0.3) is 45.0 Å². The predicted molar refractivity (Wildman–Crippen MR) is 140 cm³/mol. The normalized spacial score (nSPS) is 11.0. The maximum atomic E-state index is 6.58. The summed E-state index contributed by atoms with van der Waals surface area (Å²) >= 11 is 26.2. The van der Waals surface area contributed by atoms with Crippen molar-refractivity contribution >= 4 is 46.4 Å². The molecule has 6 heteroatoms. The highest BCUT2D eigenvalue weighted by molar-refractivity contribution is 6.40. The molecule has 1 N–H and O–H groups in total. The second-order valence-corrected chi connectivity index (χ2v) is 9.04. The van der Waals surface area contributed by atoms with Crippen molar-refractivity contribution in [2.75, 3.05) is 0 Å². The maximum Gasteiger partial charge on any atom is 0.141 e. The lowest BCUT2D eigenvalue weighted by Crippen LogP contribution is -1.90. The minimum atomic E-state index is 0.518. The van der Waals surface area contributed by atoms with E-state index in [2.05, 4.69) is 4.98 Å². The molecule has 0 saturated heterocycles. The summed E-state index contributed by atoms with van der Waals surface area (Å²) in [6, 6.07) is 28.8. The number of rotatable bonds is 4. The van der Waals surface area contributed by atoms with Gasteiger partial charge in [0.05, 0.1) is 27.0 Å². The average molecular weight is 510 g/mol. The largest absolute Gasteiger partial charge is 0.337 e. The van der Waals surface area contributed by atoms with Crippen molar-refractivity contribution in [3.63, 3.8) is 0 Å². The standard InChI is InChI=1S/C27H16Cl4N2/c28-19-12-6-13-20(29)23(19)17-10-4-5-11-18(17)26-25(16-8-2-1-3-9-16)32-27(33-26)24-21(30)14-7-15-22(24)31/h1-15H,(H,32,33). The Hall–Kier alpha value is -2.75. The molecule has 4 aromatic carbocycles. The first-order chi connectivity index (χ1) is 16.0. The number of aromatic amines is 1. The quantitative estimate of drug-likeness (QED) is 0.256. The Morgan fingerprint density at radius 1 is 0.515 bits per heavy atom. The van der Waals surface area contributed by atoms with Crippen LogP contribution in [0.15, 0.2) is 91.0 Å². The highest BCUT2D eigenvalue weighted by atomic mass is 35.5. The summed E-state index contributed by atoms with van der Waals surface area (Å²) in [5.74, 6) is 0.583. The molecular weight excluding hydrogens is 494 g/mol. The first-order valence-corrected chi connectivity index (χ1v) is 11.7. The number of aromatic nitrogens is 2. The molecule has 0 aliphatic carbocycles. The number of hydrogen-bond donors (Lipinski definition) is 1. The molecule has 5 aromatic rings. The topological polar surface area (TPSA) is 28.7 Å². The third-order valence-electron chi connectivity index (χ3n) is 5.38. The Balaban J connectivity index is 1.81. The van der Waals surface area contributed by atoms with Crippen LogP contribution in [0.5, 0.6) is 0 Å². The summed E-state index contributed by atoms with van der Waals surface area (Å²) in [4.78, 5) is 8.42. The van der Waals surface area contributed by atoms with Gasteiger partial charge in [0.2, 0.25) is 0 Å². The fourth-order valence-electron chi connectivity index (χ4n) is 3.89.